The van der Waals surface area contributed by atoms with Crippen LogP contribution in [0.15, 0.2) is 6.20 Å². The Hall–Kier alpha value is -0.260. The number of hydrogen-bond acceptors (Lipinski definition) is 2. The lowest BCUT2D eigenvalue weighted by atomic mass is 10.2. The minimum absolute atomic E-state index is 0.160. The molecule has 10 heteroatoms. The Kier molecular flexibility index (Phi) is 4.73. The van der Waals surface area contributed by atoms with E-state index >= 15 is 0 Å². The summed E-state index contributed by atoms with van der Waals surface area (Å²) in [6, 6.07) is 0. The summed E-state index contributed by atoms with van der Waals surface area (Å²) in [6.45, 7) is 0. The average molecular weight is 450 g/mol. The van der Waals surface area contributed by atoms with E-state index in [1.54, 1.807) is 0 Å². The highest BCUT2D eigenvalue weighted by Crippen LogP contribution is 2.39. The summed E-state index contributed by atoms with van der Waals surface area (Å²) < 4.78 is 77.5. The van der Waals surface area contributed by atoms with Gasteiger partial charge < -0.3 is 4.74 Å². The molecule has 0 saturated carbocycles. The van der Waals surface area contributed by atoms with Crippen molar-refractivity contribution in [3.63, 3.8) is 0 Å². The van der Waals surface area contributed by atoms with E-state index in [0.29, 0.717) is 6.20 Å². The molecule has 0 saturated heterocycles. The SMILES string of the molecule is FC(F)(F)Oc1c(I)cnc(C(F)(F)F)c1CBr. The lowest BCUT2D eigenvalue weighted by Crippen LogP contribution is -2.21. The van der Waals surface area contributed by atoms with Gasteiger partial charge in [0.25, 0.3) is 0 Å². The van der Waals surface area contributed by atoms with Crippen molar-refractivity contribution in [3.05, 3.63) is 21.0 Å². The molecule has 0 radical (unpaired) electrons. The second-order valence-corrected chi connectivity index (χ2v) is 4.66. The molecule has 0 fully saturated rings. The third-order valence-electron chi connectivity index (χ3n) is 1.70. The van der Waals surface area contributed by atoms with E-state index in [1.807, 2.05) is 0 Å². The molecule has 0 aliphatic heterocycles. The van der Waals surface area contributed by atoms with Crippen LogP contribution in [0.2, 0.25) is 0 Å². The van der Waals surface area contributed by atoms with E-state index in [-0.39, 0.29) is 3.57 Å². The second-order valence-electron chi connectivity index (χ2n) is 2.94. The van der Waals surface area contributed by atoms with Crippen LogP contribution in [0.4, 0.5) is 26.3 Å². The molecule has 0 atom stereocenters. The first-order chi connectivity index (χ1) is 8.06. The van der Waals surface area contributed by atoms with Gasteiger partial charge in [0.2, 0.25) is 0 Å². The number of rotatable bonds is 2. The lowest BCUT2D eigenvalue weighted by molar-refractivity contribution is -0.275. The van der Waals surface area contributed by atoms with E-state index in [2.05, 4.69) is 25.7 Å². The van der Waals surface area contributed by atoms with Crippen LogP contribution in [0.25, 0.3) is 0 Å². The van der Waals surface area contributed by atoms with E-state index in [0.717, 1.165) is 0 Å². The summed E-state index contributed by atoms with van der Waals surface area (Å²) in [5, 5.41) is -0.461. The summed E-state index contributed by atoms with van der Waals surface area (Å²) in [7, 11) is 0. The highest BCUT2D eigenvalue weighted by Gasteiger charge is 2.40. The number of hydrogen-bond donors (Lipinski definition) is 0. The zero-order valence-corrected chi connectivity index (χ0v) is 11.9. The maximum Gasteiger partial charge on any atom is 0.573 e. The molecule has 1 rings (SSSR count). The van der Waals surface area contributed by atoms with Crippen LogP contribution < -0.4 is 4.74 Å². The van der Waals surface area contributed by atoms with Crippen molar-refractivity contribution in [3.8, 4) is 5.75 Å². The van der Waals surface area contributed by atoms with Gasteiger partial charge in [-0.25, -0.2) is 0 Å². The number of pyridine rings is 1. The van der Waals surface area contributed by atoms with E-state index in [4.69, 9.17) is 0 Å². The maximum atomic E-state index is 12.6. The summed E-state index contributed by atoms with van der Waals surface area (Å²) in [4.78, 5) is 3.10. The fraction of sp³-hybridized carbons (Fsp3) is 0.375. The standard InChI is InChI=1S/C8H3BrF6INO/c9-1-3-5(18-8(13,14)15)4(16)2-17-6(3)7(10,11)12/h2H,1H2. The molecule has 0 aliphatic carbocycles. The molecule has 0 spiro atoms. The van der Waals surface area contributed by atoms with Crippen molar-refractivity contribution < 1.29 is 31.1 Å². The predicted molar refractivity (Wildman–Crippen MR) is 61.3 cm³/mol. The molecule has 1 aromatic heterocycles. The van der Waals surface area contributed by atoms with Crippen LogP contribution in [-0.2, 0) is 11.5 Å². The van der Waals surface area contributed by atoms with Crippen molar-refractivity contribution in [1.29, 1.82) is 0 Å². The number of halogens is 8. The van der Waals surface area contributed by atoms with Gasteiger partial charge in [-0.2, -0.15) is 13.2 Å². The highest BCUT2D eigenvalue weighted by atomic mass is 127. The molecule has 2 nitrogen and oxygen atoms in total. The molecule has 0 aromatic carbocycles. The molecule has 102 valence electrons. The van der Waals surface area contributed by atoms with E-state index in [9.17, 15) is 26.3 Å². The zero-order chi connectivity index (χ0) is 14.1. The molecule has 18 heavy (non-hydrogen) atoms. The Bertz CT molecular complexity index is 446. The summed E-state index contributed by atoms with van der Waals surface area (Å²) in [5.74, 6) is -0.887. The van der Waals surface area contributed by atoms with Gasteiger partial charge in [0.15, 0.2) is 11.4 Å². The molecule has 0 unspecified atom stereocenters. The number of alkyl halides is 7. The molecule has 0 N–H and O–H groups in total. The van der Waals surface area contributed by atoms with Gasteiger partial charge in [0, 0.05) is 17.1 Å². The van der Waals surface area contributed by atoms with Gasteiger partial charge in [-0.1, -0.05) is 15.9 Å². The fourth-order valence-electron chi connectivity index (χ4n) is 1.10. The first-order valence-corrected chi connectivity index (χ1v) is 6.32. The summed E-state index contributed by atoms with van der Waals surface area (Å²) in [6.07, 6.45) is -9.24. The van der Waals surface area contributed by atoms with E-state index in [1.165, 1.54) is 22.6 Å². The molecule has 0 bridgehead atoms. The highest BCUT2D eigenvalue weighted by molar-refractivity contribution is 14.1. The zero-order valence-electron chi connectivity index (χ0n) is 8.16. The Labute approximate surface area is 119 Å². The monoisotopic (exact) mass is 449 g/mol. The van der Waals surface area contributed by atoms with Crippen LogP contribution in [-0.4, -0.2) is 11.3 Å². The molecule has 1 aromatic rings. The third kappa shape index (κ3) is 3.87. The lowest BCUT2D eigenvalue weighted by Gasteiger charge is -2.17. The minimum atomic E-state index is -5.07. The quantitative estimate of drug-likeness (QED) is 0.377. The smallest absolute Gasteiger partial charge is 0.404 e. The molecule has 0 amide bonds. The normalized spacial score (nSPS) is 12.7. The molecule has 1 heterocycles. The maximum absolute atomic E-state index is 12.6. The summed E-state index contributed by atoms with van der Waals surface area (Å²) >= 11 is 4.12. The Morgan fingerprint density at radius 1 is 1.22 bits per heavy atom. The van der Waals surface area contributed by atoms with Crippen LogP contribution in [0.3, 0.4) is 0 Å². The van der Waals surface area contributed by atoms with Crippen molar-refractivity contribution in [2.24, 2.45) is 0 Å². The number of ether oxygens (including phenoxy) is 1. The molecule has 0 aliphatic rings. The van der Waals surface area contributed by atoms with Crippen LogP contribution in [0, 0.1) is 3.57 Å². The first-order valence-electron chi connectivity index (χ1n) is 4.12. The van der Waals surface area contributed by atoms with E-state index < -0.39 is 34.9 Å². The van der Waals surface area contributed by atoms with Gasteiger partial charge in [-0.15, -0.1) is 13.2 Å². The van der Waals surface area contributed by atoms with Crippen LogP contribution in [0.5, 0.6) is 5.75 Å². The molecular formula is C8H3BrF6INO. The minimum Gasteiger partial charge on any atom is -0.404 e. The van der Waals surface area contributed by atoms with Gasteiger partial charge in [-0.3, -0.25) is 4.98 Å². The van der Waals surface area contributed by atoms with Gasteiger partial charge in [0.1, 0.15) is 0 Å². The Morgan fingerprint density at radius 3 is 2.17 bits per heavy atom. The number of nitrogens with zero attached hydrogens (tertiary/aromatic N) is 1. The Balaban J connectivity index is 3.40. The van der Waals surface area contributed by atoms with Gasteiger partial charge in [0.05, 0.1) is 3.57 Å². The van der Waals surface area contributed by atoms with Gasteiger partial charge in [-0.05, 0) is 22.6 Å². The third-order valence-corrected chi connectivity index (χ3v) is 3.03. The number of aromatic nitrogens is 1. The topological polar surface area (TPSA) is 22.1 Å². The second kappa shape index (κ2) is 5.39. The van der Waals surface area contributed by atoms with Crippen LogP contribution >= 0.6 is 38.5 Å². The average Bonchev–Trinajstić information content (AvgIpc) is 2.17. The summed E-state index contributed by atoms with van der Waals surface area (Å²) in [5.41, 5.74) is -2.09. The fourth-order valence-corrected chi connectivity index (χ4v) is 2.20. The first kappa shape index (κ1) is 15.8. The van der Waals surface area contributed by atoms with Crippen molar-refractivity contribution in [2.45, 2.75) is 17.9 Å². The van der Waals surface area contributed by atoms with Gasteiger partial charge >= 0.3 is 12.5 Å². The predicted octanol–water partition coefficient (Wildman–Crippen LogP) is 4.50. The largest absolute Gasteiger partial charge is 0.573 e. The Morgan fingerprint density at radius 2 is 1.78 bits per heavy atom. The molecular weight excluding hydrogens is 447 g/mol. The van der Waals surface area contributed by atoms with Crippen LogP contribution in [0.1, 0.15) is 11.3 Å². The van der Waals surface area contributed by atoms with Crippen molar-refractivity contribution in [2.75, 3.05) is 0 Å². The van der Waals surface area contributed by atoms with Crippen molar-refractivity contribution >= 4 is 38.5 Å². The van der Waals surface area contributed by atoms with Crippen molar-refractivity contribution in [1.82, 2.24) is 4.98 Å².